The van der Waals surface area contributed by atoms with Crippen molar-refractivity contribution in [2.24, 2.45) is 4.99 Å². The fourth-order valence-corrected chi connectivity index (χ4v) is 2.55. The van der Waals surface area contributed by atoms with Crippen molar-refractivity contribution in [1.29, 1.82) is 0 Å². The van der Waals surface area contributed by atoms with Crippen molar-refractivity contribution in [1.82, 2.24) is 20.8 Å². The molecule has 0 bridgehead atoms. The maximum Gasteiger partial charge on any atom is 0.228 e. The summed E-state index contributed by atoms with van der Waals surface area (Å²) in [4.78, 5) is 8.88. The number of aryl methyl sites for hydroxylation is 2. The molecule has 2 aromatic rings. The second kappa shape index (κ2) is 14.2. The van der Waals surface area contributed by atoms with Gasteiger partial charge in [-0.25, -0.2) is 4.99 Å². The van der Waals surface area contributed by atoms with Crippen LogP contribution in [0.5, 0.6) is 5.75 Å². The van der Waals surface area contributed by atoms with E-state index in [-0.39, 0.29) is 24.0 Å². The van der Waals surface area contributed by atoms with E-state index in [2.05, 4.69) is 50.9 Å². The number of aliphatic imine (C=N–C) groups is 1. The average molecular weight is 517 g/mol. The Bertz CT molecular complexity index is 751. The minimum absolute atomic E-state index is 0. The summed E-state index contributed by atoms with van der Waals surface area (Å²) in [6.07, 6.45) is 1.50. The molecule has 0 unspecified atom stereocenters. The maximum atomic E-state index is 5.94. The van der Waals surface area contributed by atoms with E-state index in [4.69, 9.17) is 14.0 Å². The molecule has 0 saturated carbocycles. The van der Waals surface area contributed by atoms with Gasteiger partial charge < -0.3 is 24.6 Å². The van der Waals surface area contributed by atoms with E-state index in [9.17, 15) is 0 Å². The number of ether oxygens (including phenoxy) is 2. The maximum absolute atomic E-state index is 5.94. The number of hydrogen-bond donors (Lipinski definition) is 2. The first-order valence-electron chi connectivity index (χ1n) is 9.65. The van der Waals surface area contributed by atoms with Gasteiger partial charge in [0.2, 0.25) is 5.89 Å². The standard InChI is InChI=1S/C20H31N5O3.HI/c1-5-21-20(22-10-9-19-24-16(3)25-28-19)23-14-17-8-7-15(2)13-18(17)27-12-6-11-26-4;/h7-8,13H,5-6,9-12,14H2,1-4H3,(H2,21,22,23);1H. The Morgan fingerprint density at radius 1 is 1.21 bits per heavy atom. The summed E-state index contributed by atoms with van der Waals surface area (Å²) in [5.74, 6) is 2.88. The van der Waals surface area contributed by atoms with Gasteiger partial charge in [-0.3, -0.25) is 0 Å². The zero-order valence-electron chi connectivity index (χ0n) is 17.7. The summed E-state index contributed by atoms with van der Waals surface area (Å²) in [6.45, 7) is 9.16. The fourth-order valence-electron chi connectivity index (χ4n) is 2.55. The highest BCUT2D eigenvalue weighted by molar-refractivity contribution is 14.0. The summed E-state index contributed by atoms with van der Waals surface area (Å²) in [5.41, 5.74) is 2.21. The van der Waals surface area contributed by atoms with Crippen LogP contribution in [0.3, 0.4) is 0 Å². The van der Waals surface area contributed by atoms with Gasteiger partial charge in [-0.1, -0.05) is 17.3 Å². The molecule has 0 aliphatic heterocycles. The van der Waals surface area contributed by atoms with Crippen molar-refractivity contribution in [3.8, 4) is 5.75 Å². The predicted octanol–water partition coefficient (Wildman–Crippen LogP) is 3.02. The average Bonchev–Trinajstić information content (AvgIpc) is 3.09. The summed E-state index contributed by atoms with van der Waals surface area (Å²) < 4.78 is 16.1. The molecule has 0 fully saturated rings. The van der Waals surface area contributed by atoms with Crippen molar-refractivity contribution in [2.75, 3.05) is 33.4 Å². The van der Waals surface area contributed by atoms with E-state index in [1.54, 1.807) is 7.11 Å². The number of hydrogen-bond acceptors (Lipinski definition) is 6. The van der Waals surface area contributed by atoms with Crippen LogP contribution in [-0.2, 0) is 17.7 Å². The quantitative estimate of drug-likeness (QED) is 0.205. The van der Waals surface area contributed by atoms with Crippen LogP contribution >= 0.6 is 24.0 Å². The predicted molar refractivity (Wildman–Crippen MR) is 124 cm³/mol. The topological polar surface area (TPSA) is 93.8 Å². The van der Waals surface area contributed by atoms with Crippen molar-refractivity contribution in [2.45, 2.75) is 40.2 Å². The lowest BCUT2D eigenvalue weighted by molar-refractivity contribution is 0.172. The first kappa shape index (κ1) is 25.2. The molecule has 0 atom stereocenters. The van der Waals surface area contributed by atoms with Crippen molar-refractivity contribution < 1.29 is 14.0 Å². The Kier molecular flexibility index (Phi) is 12.3. The van der Waals surface area contributed by atoms with Gasteiger partial charge in [0, 0.05) is 45.2 Å². The van der Waals surface area contributed by atoms with E-state index < -0.39 is 0 Å². The number of aromatic nitrogens is 2. The molecule has 2 rings (SSSR count). The molecule has 162 valence electrons. The van der Waals surface area contributed by atoms with Crippen LogP contribution in [0, 0.1) is 13.8 Å². The normalized spacial score (nSPS) is 11.1. The zero-order valence-corrected chi connectivity index (χ0v) is 20.0. The number of rotatable bonds is 11. The van der Waals surface area contributed by atoms with Gasteiger partial charge in [0.1, 0.15) is 5.75 Å². The fraction of sp³-hybridized carbons (Fsp3) is 0.550. The van der Waals surface area contributed by atoms with Crippen LogP contribution in [0.25, 0.3) is 0 Å². The van der Waals surface area contributed by atoms with Crippen LogP contribution in [0.4, 0.5) is 0 Å². The largest absolute Gasteiger partial charge is 0.493 e. The molecule has 1 heterocycles. The zero-order chi connectivity index (χ0) is 20.2. The number of halogens is 1. The van der Waals surface area contributed by atoms with Gasteiger partial charge in [-0.05, 0) is 32.4 Å². The molecule has 9 heteroatoms. The number of nitrogens with zero attached hydrogens (tertiary/aromatic N) is 3. The highest BCUT2D eigenvalue weighted by Gasteiger charge is 2.06. The van der Waals surface area contributed by atoms with E-state index in [0.29, 0.717) is 44.4 Å². The molecule has 2 N–H and O–H groups in total. The number of nitrogens with one attached hydrogen (secondary N) is 2. The lowest BCUT2D eigenvalue weighted by Crippen LogP contribution is -2.38. The molecule has 1 aromatic heterocycles. The Morgan fingerprint density at radius 3 is 2.72 bits per heavy atom. The van der Waals surface area contributed by atoms with Crippen LogP contribution in [0.15, 0.2) is 27.7 Å². The SMILES string of the molecule is CCNC(=NCc1ccc(C)cc1OCCCOC)NCCc1nc(C)no1.I. The minimum atomic E-state index is 0. The van der Waals surface area contributed by atoms with Crippen molar-refractivity contribution >= 4 is 29.9 Å². The molecule has 0 spiro atoms. The molecule has 8 nitrogen and oxygen atoms in total. The Labute approximate surface area is 189 Å². The molecule has 29 heavy (non-hydrogen) atoms. The first-order chi connectivity index (χ1) is 13.6. The monoisotopic (exact) mass is 517 g/mol. The van der Waals surface area contributed by atoms with Gasteiger partial charge >= 0.3 is 0 Å². The molecule has 0 amide bonds. The summed E-state index contributed by atoms with van der Waals surface area (Å²) in [6, 6.07) is 6.19. The molecular weight excluding hydrogens is 485 g/mol. The van der Waals surface area contributed by atoms with Gasteiger partial charge in [0.05, 0.1) is 13.2 Å². The Hall–Kier alpha value is -1.88. The second-order valence-corrected chi connectivity index (χ2v) is 6.41. The lowest BCUT2D eigenvalue weighted by Gasteiger charge is -2.13. The van der Waals surface area contributed by atoms with Gasteiger partial charge in [0.25, 0.3) is 0 Å². The lowest BCUT2D eigenvalue weighted by atomic mass is 10.1. The molecular formula is C20H32IN5O3. The van der Waals surface area contributed by atoms with E-state index in [1.165, 1.54) is 0 Å². The smallest absolute Gasteiger partial charge is 0.228 e. The highest BCUT2D eigenvalue weighted by atomic mass is 127. The highest BCUT2D eigenvalue weighted by Crippen LogP contribution is 2.21. The first-order valence-corrected chi connectivity index (χ1v) is 9.65. The van der Waals surface area contributed by atoms with E-state index >= 15 is 0 Å². The number of guanidine groups is 1. The summed E-state index contributed by atoms with van der Waals surface area (Å²) >= 11 is 0. The third kappa shape index (κ3) is 9.44. The summed E-state index contributed by atoms with van der Waals surface area (Å²) in [5, 5.41) is 10.3. The molecule has 0 aliphatic rings. The second-order valence-electron chi connectivity index (χ2n) is 6.41. The van der Waals surface area contributed by atoms with Gasteiger partial charge in [0.15, 0.2) is 11.8 Å². The third-order valence-electron chi connectivity index (χ3n) is 3.93. The minimum Gasteiger partial charge on any atom is -0.493 e. The van der Waals surface area contributed by atoms with Crippen LogP contribution in [-0.4, -0.2) is 49.5 Å². The molecule has 0 saturated heterocycles. The Balaban J connectivity index is 0.00000420. The third-order valence-corrected chi connectivity index (χ3v) is 3.93. The molecule has 0 aliphatic carbocycles. The number of benzene rings is 1. The molecule has 1 aromatic carbocycles. The molecule has 0 radical (unpaired) electrons. The van der Waals surface area contributed by atoms with E-state index in [0.717, 1.165) is 35.8 Å². The van der Waals surface area contributed by atoms with Crippen LogP contribution in [0.2, 0.25) is 0 Å². The van der Waals surface area contributed by atoms with Crippen molar-refractivity contribution in [3.63, 3.8) is 0 Å². The number of methoxy groups -OCH3 is 1. The Morgan fingerprint density at radius 2 is 2.03 bits per heavy atom. The van der Waals surface area contributed by atoms with Crippen molar-refractivity contribution in [3.05, 3.63) is 41.0 Å². The van der Waals surface area contributed by atoms with Gasteiger partial charge in [-0.2, -0.15) is 4.98 Å². The summed E-state index contributed by atoms with van der Waals surface area (Å²) in [7, 11) is 1.70. The van der Waals surface area contributed by atoms with Crippen LogP contribution in [0.1, 0.15) is 36.2 Å². The van der Waals surface area contributed by atoms with E-state index in [1.807, 2.05) is 13.8 Å². The van der Waals surface area contributed by atoms with Crippen LogP contribution < -0.4 is 15.4 Å². The van der Waals surface area contributed by atoms with Gasteiger partial charge in [-0.15, -0.1) is 24.0 Å².